The van der Waals surface area contributed by atoms with Crippen LogP contribution in [0, 0.1) is 0 Å². The molecule has 138 valence electrons. The Morgan fingerprint density at radius 3 is 2.81 bits per heavy atom. The molecule has 3 aromatic rings. The largest absolute Gasteiger partial charge is 0.363 e. The van der Waals surface area contributed by atoms with Gasteiger partial charge in [-0.25, -0.2) is 9.78 Å². The molecule has 0 saturated heterocycles. The highest BCUT2D eigenvalue weighted by atomic mass is 16.2. The molecule has 0 aliphatic heterocycles. The molecule has 1 aliphatic rings. The van der Waals surface area contributed by atoms with Crippen molar-refractivity contribution in [2.45, 2.75) is 38.8 Å². The zero-order chi connectivity index (χ0) is 18.8. The maximum Gasteiger partial charge on any atom is 0.319 e. The van der Waals surface area contributed by atoms with Gasteiger partial charge < -0.3 is 16.0 Å². The Labute approximate surface area is 159 Å². The third kappa shape index (κ3) is 3.87. The van der Waals surface area contributed by atoms with E-state index in [1.165, 1.54) is 11.1 Å². The van der Waals surface area contributed by atoms with E-state index in [4.69, 9.17) is 4.98 Å². The molecule has 4 rings (SSSR count). The maximum atomic E-state index is 11.9. The maximum absolute atomic E-state index is 11.9. The van der Waals surface area contributed by atoms with E-state index in [-0.39, 0.29) is 12.1 Å². The van der Waals surface area contributed by atoms with Crippen molar-refractivity contribution in [3.63, 3.8) is 0 Å². The molecule has 1 heterocycles. The number of benzene rings is 2. The smallest absolute Gasteiger partial charge is 0.319 e. The van der Waals surface area contributed by atoms with Gasteiger partial charge in [-0.15, -0.1) is 0 Å². The molecule has 3 N–H and O–H groups in total. The molecular weight excluding hydrogens is 336 g/mol. The first kappa shape index (κ1) is 17.3. The summed E-state index contributed by atoms with van der Waals surface area (Å²) in [7, 11) is 0. The van der Waals surface area contributed by atoms with Crippen molar-refractivity contribution in [1.29, 1.82) is 0 Å². The summed E-state index contributed by atoms with van der Waals surface area (Å²) in [6, 6.07) is 18.6. The van der Waals surface area contributed by atoms with Crippen LogP contribution in [0.25, 0.3) is 10.9 Å². The fourth-order valence-electron chi connectivity index (χ4n) is 3.60. The van der Waals surface area contributed by atoms with Gasteiger partial charge in [0, 0.05) is 17.1 Å². The number of amides is 2. The molecule has 0 bridgehead atoms. The molecule has 0 radical (unpaired) electrons. The van der Waals surface area contributed by atoms with Crippen molar-refractivity contribution in [2.24, 2.45) is 0 Å². The monoisotopic (exact) mass is 360 g/mol. The Balaban J connectivity index is 1.50. The standard InChI is InChI=1S/C22H24N4O/c1-14(2)23-22(27)24-17-9-11-19-16(13-17)8-12-21(25-19)26-20-10-7-15-5-3-4-6-18(15)20/h3-6,8-9,11-14,20H,7,10H2,1-2H3,(H,25,26)(H2,23,24,27). The van der Waals surface area contributed by atoms with Gasteiger partial charge in [0.25, 0.3) is 0 Å². The molecule has 1 aliphatic carbocycles. The molecule has 5 nitrogen and oxygen atoms in total. The van der Waals surface area contributed by atoms with Crippen LogP contribution in [-0.4, -0.2) is 17.1 Å². The molecule has 1 unspecified atom stereocenters. The second kappa shape index (κ2) is 7.27. The highest BCUT2D eigenvalue weighted by molar-refractivity contribution is 5.93. The Morgan fingerprint density at radius 2 is 1.96 bits per heavy atom. The molecule has 1 atom stereocenters. The van der Waals surface area contributed by atoms with Crippen LogP contribution in [0.2, 0.25) is 0 Å². The highest BCUT2D eigenvalue weighted by Gasteiger charge is 2.21. The second-order valence-corrected chi connectivity index (χ2v) is 7.29. The van der Waals surface area contributed by atoms with E-state index in [1.807, 2.05) is 44.2 Å². The van der Waals surface area contributed by atoms with E-state index in [9.17, 15) is 4.79 Å². The zero-order valence-corrected chi connectivity index (χ0v) is 15.6. The molecule has 2 amide bonds. The predicted molar refractivity (Wildman–Crippen MR) is 110 cm³/mol. The SMILES string of the molecule is CC(C)NC(=O)Nc1ccc2nc(NC3CCc4ccccc43)ccc2c1. The number of urea groups is 1. The lowest BCUT2D eigenvalue weighted by Gasteiger charge is -2.15. The first-order chi connectivity index (χ1) is 13.1. The molecule has 27 heavy (non-hydrogen) atoms. The minimum Gasteiger partial charge on any atom is -0.363 e. The molecule has 1 aromatic heterocycles. The third-order valence-electron chi connectivity index (χ3n) is 4.82. The van der Waals surface area contributed by atoms with Crippen LogP contribution < -0.4 is 16.0 Å². The Hall–Kier alpha value is -3.08. The van der Waals surface area contributed by atoms with E-state index >= 15 is 0 Å². The van der Waals surface area contributed by atoms with E-state index in [1.54, 1.807) is 0 Å². The lowest BCUT2D eigenvalue weighted by atomic mass is 10.1. The van der Waals surface area contributed by atoms with Crippen LogP contribution in [-0.2, 0) is 6.42 Å². The number of aromatic nitrogens is 1. The molecule has 2 aromatic carbocycles. The lowest BCUT2D eigenvalue weighted by Crippen LogP contribution is -2.34. The van der Waals surface area contributed by atoms with Gasteiger partial charge in [0.1, 0.15) is 5.82 Å². The van der Waals surface area contributed by atoms with Gasteiger partial charge in [-0.1, -0.05) is 24.3 Å². The van der Waals surface area contributed by atoms with Crippen molar-refractivity contribution in [2.75, 3.05) is 10.6 Å². The number of fused-ring (bicyclic) bond motifs is 2. The fourth-order valence-corrected chi connectivity index (χ4v) is 3.60. The number of nitrogens with zero attached hydrogens (tertiary/aromatic N) is 1. The van der Waals surface area contributed by atoms with Gasteiger partial charge in [0.15, 0.2) is 0 Å². The number of aryl methyl sites for hydroxylation is 1. The minimum atomic E-state index is -0.199. The normalized spacial score (nSPS) is 15.6. The first-order valence-corrected chi connectivity index (χ1v) is 9.41. The van der Waals surface area contributed by atoms with Gasteiger partial charge in [-0.2, -0.15) is 0 Å². The highest BCUT2D eigenvalue weighted by Crippen LogP contribution is 2.33. The first-order valence-electron chi connectivity index (χ1n) is 9.41. The summed E-state index contributed by atoms with van der Waals surface area (Å²) in [6.45, 7) is 3.86. The van der Waals surface area contributed by atoms with Crippen molar-refractivity contribution in [1.82, 2.24) is 10.3 Å². The van der Waals surface area contributed by atoms with E-state index in [2.05, 4.69) is 40.2 Å². The van der Waals surface area contributed by atoms with Gasteiger partial charge in [0.2, 0.25) is 0 Å². The Kier molecular flexibility index (Phi) is 4.67. The lowest BCUT2D eigenvalue weighted by molar-refractivity contribution is 0.250. The number of rotatable bonds is 4. The number of hydrogen-bond acceptors (Lipinski definition) is 3. The van der Waals surface area contributed by atoms with Crippen LogP contribution in [0.4, 0.5) is 16.3 Å². The van der Waals surface area contributed by atoms with E-state index in [0.29, 0.717) is 6.04 Å². The molecule has 0 fully saturated rings. The number of pyridine rings is 1. The van der Waals surface area contributed by atoms with Crippen LogP contribution in [0.15, 0.2) is 54.6 Å². The fraction of sp³-hybridized carbons (Fsp3) is 0.273. The van der Waals surface area contributed by atoms with Crippen molar-refractivity contribution in [3.05, 3.63) is 65.7 Å². The minimum absolute atomic E-state index is 0.0986. The topological polar surface area (TPSA) is 66.0 Å². The summed E-state index contributed by atoms with van der Waals surface area (Å²) in [6.07, 6.45) is 2.20. The van der Waals surface area contributed by atoms with Crippen molar-refractivity contribution < 1.29 is 4.79 Å². The van der Waals surface area contributed by atoms with Crippen LogP contribution in [0.3, 0.4) is 0 Å². The molecule has 5 heteroatoms. The average molecular weight is 360 g/mol. The second-order valence-electron chi connectivity index (χ2n) is 7.29. The summed E-state index contributed by atoms with van der Waals surface area (Å²) in [5.41, 5.74) is 4.45. The average Bonchev–Trinajstić information content (AvgIpc) is 3.04. The summed E-state index contributed by atoms with van der Waals surface area (Å²) in [5, 5.41) is 10.2. The van der Waals surface area contributed by atoms with E-state index < -0.39 is 0 Å². The third-order valence-corrected chi connectivity index (χ3v) is 4.82. The number of nitrogens with one attached hydrogen (secondary N) is 3. The van der Waals surface area contributed by atoms with Gasteiger partial charge in [-0.05, 0) is 68.1 Å². The summed E-state index contributed by atoms with van der Waals surface area (Å²) >= 11 is 0. The van der Waals surface area contributed by atoms with Crippen LogP contribution in [0.5, 0.6) is 0 Å². The predicted octanol–water partition coefficient (Wildman–Crippen LogP) is 4.86. The zero-order valence-electron chi connectivity index (χ0n) is 15.6. The van der Waals surface area contributed by atoms with Crippen LogP contribution in [0.1, 0.15) is 37.4 Å². The van der Waals surface area contributed by atoms with Gasteiger partial charge >= 0.3 is 6.03 Å². The van der Waals surface area contributed by atoms with Crippen LogP contribution >= 0.6 is 0 Å². The quantitative estimate of drug-likeness (QED) is 0.622. The summed E-state index contributed by atoms with van der Waals surface area (Å²) in [5.74, 6) is 0.877. The number of anilines is 2. The Bertz CT molecular complexity index is 983. The summed E-state index contributed by atoms with van der Waals surface area (Å²) < 4.78 is 0. The molecular formula is C22H24N4O. The van der Waals surface area contributed by atoms with Crippen molar-refractivity contribution >= 4 is 28.4 Å². The van der Waals surface area contributed by atoms with E-state index in [0.717, 1.165) is 35.2 Å². The molecule has 0 spiro atoms. The van der Waals surface area contributed by atoms with Gasteiger partial charge in [-0.3, -0.25) is 0 Å². The molecule has 0 saturated carbocycles. The van der Waals surface area contributed by atoms with Gasteiger partial charge in [0.05, 0.1) is 11.6 Å². The summed E-state index contributed by atoms with van der Waals surface area (Å²) in [4.78, 5) is 16.6. The Morgan fingerprint density at radius 1 is 1.11 bits per heavy atom. The number of hydrogen-bond donors (Lipinski definition) is 3. The van der Waals surface area contributed by atoms with Crippen molar-refractivity contribution in [3.8, 4) is 0 Å². The number of carbonyl (C=O) groups is 1. The number of carbonyl (C=O) groups excluding carboxylic acids is 1.